The molecule has 5 nitrogen and oxygen atoms in total. The number of anilines is 1. The Morgan fingerprint density at radius 3 is 2.96 bits per heavy atom. The summed E-state index contributed by atoms with van der Waals surface area (Å²) in [6.45, 7) is 4.39. The molecule has 1 saturated heterocycles. The summed E-state index contributed by atoms with van der Waals surface area (Å²) < 4.78 is 22.7. The molecule has 1 N–H and O–H groups in total. The van der Waals surface area contributed by atoms with Gasteiger partial charge in [0.25, 0.3) is 0 Å². The lowest BCUT2D eigenvalue weighted by Crippen LogP contribution is -2.51. The van der Waals surface area contributed by atoms with Crippen molar-refractivity contribution in [2.75, 3.05) is 24.5 Å². The van der Waals surface area contributed by atoms with Gasteiger partial charge in [-0.3, -0.25) is 0 Å². The molecule has 1 aliphatic heterocycles. The molecular formula is C22H24FN4O. The minimum atomic E-state index is -0.354. The van der Waals surface area contributed by atoms with Crippen molar-refractivity contribution in [2.24, 2.45) is 13.0 Å². The van der Waals surface area contributed by atoms with Crippen LogP contribution in [0.5, 0.6) is 11.5 Å². The van der Waals surface area contributed by atoms with Crippen LogP contribution < -0.4 is 15.0 Å². The standard InChI is InChI=1S/C22H24FN4O/c1-14-18(23)9-16(27-8-7-24-20(12-27)15-3-4-15)10-22(14)28-17-5-6-21-19(11-17)25-13-26(21)2/h5-6,10-11,13,15,20,24H,3-4,7-8,12H2,1-2H3/t20-/m1/s1. The third-order valence-electron chi connectivity index (χ3n) is 5.87. The van der Waals surface area contributed by atoms with Crippen molar-refractivity contribution in [3.05, 3.63) is 48.0 Å². The molecule has 28 heavy (non-hydrogen) atoms. The lowest BCUT2D eigenvalue weighted by atomic mass is 10.1. The van der Waals surface area contributed by atoms with Gasteiger partial charge in [0.15, 0.2) is 0 Å². The number of aryl methyl sites for hydroxylation is 1. The Bertz CT molecular complexity index is 1030. The molecule has 0 bridgehead atoms. The monoisotopic (exact) mass is 379 g/mol. The fraction of sp³-hybridized carbons (Fsp3) is 0.409. The van der Waals surface area contributed by atoms with E-state index in [9.17, 15) is 4.39 Å². The number of hydrogen-bond acceptors (Lipinski definition) is 4. The summed E-state index contributed by atoms with van der Waals surface area (Å²) >= 11 is 0. The Labute approximate surface area is 164 Å². The van der Waals surface area contributed by atoms with Crippen molar-refractivity contribution in [1.29, 1.82) is 0 Å². The summed E-state index contributed by atoms with van der Waals surface area (Å²) in [5.41, 5.74) is 3.13. The highest BCUT2D eigenvalue weighted by molar-refractivity contribution is 5.77. The molecule has 2 aromatic carbocycles. The molecule has 0 amide bonds. The number of imidazole rings is 1. The Hall–Kier alpha value is -2.60. The summed E-state index contributed by atoms with van der Waals surface area (Å²) in [6.07, 6.45) is 4.36. The normalized spacial score (nSPS) is 20.0. The van der Waals surface area contributed by atoms with Crippen LogP contribution in [0.25, 0.3) is 11.0 Å². The molecule has 3 aromatic rings. The quantitative estimate of drug-likeness (QED) is 0.749. The Kier molecular flexibility index (Phi) is 4.23. The molecule has 2 aliphatic rings. The number of nitrogens with one attached hydrogen (secondary N) is 1. The van der Waals surface area contributed by atoms with Crippen molar-refractivity contribution in [3.8, 4) is 11.5 Å². The van der Waals surface area contributed by atoms with Crippen molar-refractivity contribution in [1.82, 2.24) is 14.9 Å². The maximum absolute atomic E-state index is 14.6. The molecule has 2 fully saturated rings. The molecule has 2 heterocycles. The molecule has 1 aliphatic carbocycles. The van der Waals surface area contributed by atoms with Crippen LogP contribution in [0, 0.1) is 24.7 Å². The fourth-order valence-electron chi connectivity index (χ4n) is 3.98. The molecular weight excluding hydrogens is 355 g/mol. The number of rotatable bonds is 4. The van der Waals surface area contributed by atoms with Gasteiger partial charge in [-0.2, -0.15) is 0 Å². The zero-order valence-corrected chi connectivity index (χ0v) is 16.2. The molecule has 1 radical (unpaired) electrons. The summed E-state index contributed by atoms with van der Waals surface area (Å²) in [5.74, 6) is 1.59. The number of fused-ring (bicyclic) bond motifs is 1. The number of piperazine rings is 1. The zero-order chi connectivity index (χ0) is 19.3. The van der Waals surface area contributed by atoms with Crippen LogP contribution in [0.15, 0.2) is 30.6 Å². The average molecular weight is 379 g/mol. The van der Waals surface area contributed by atoms with E-state index >= 15 is 0 Å². The second-order valence-corrected chi connectivity index (χ2v) is 7.91. The minimum absolute atomic E-state index is 0.354. The third-order valence-corrected chi connectivity index (χ3v) is 5.87. The maximum atomic E-state index is 14.6. The topological polar surface area (TPSA) is 42.3 Å². The van der Waals surface area contributed by atoms with E-state index in [0.29, 0.717) is 23.1 Å². The second kappa shape index (κ2) is 6.78. The molecule has 1 aromatic heterocycles. The molecule has 145 valence electrons. The number of halogens is 1. The summed E-state index contributed by atoms with van der Waals surface area (Å²) in [7, 11) is 1.96. The predicted octanol–water partition coefficient (Wildman–Crippen LogP) is 3.80. The average Bonchev–Trinajstić information content (AvgIpc) is 3.49. The molecule has 5 rings (SSSR count). The third kappa shape index (κ3) is 3.22. The molecule has 0 spiro atoms. The van der Waals surface area contributed by atoms with Gasteiger partial charge in [0.2, 0.25) is 0 Å². The van der Waals surface area contributed by atoms with E-state index in [-0.39, 0.29) is 5.82 Å². The molecule has 1 saturated carbocycles. The van der Waals surface area contributed by atoms with Crippen molar-refractivity contribution in [2.45, 2.75) is 25.8 Å². The predicted molar refractivity (Wildman–Crippen MR) is 107 cm³/mol. The van der Waals surface area contributed by atoms with Crippen LogP contribution in [-0.4, -0.2) is 35.2 Å². The van der Waals surface area contributed by atoms with E-state index in [1.54, 1.807) is 13.3 Å². The highest BCUT2D eigenvalue weighted by Gasteiger charge is 2.34. The Morgan fingerprint density at radius 2 is 2.14 bits per heavy atom. The van der Waals surface area contributed by atoms with E-state index < -0.39 is 0 Å². The number of ether oxygens (including phenoxy) is 1. The summed E-state index contributed by atoms with van der Waals surface area (Å²) in [4.78, 5) is 6.59. The first-order chi connectivity index (χ1) is 13.6. The summed E-state index contributed by atoms with van der Waals surface area (Å²) in [5, 5.41) is 3.59. The van der Waals surface area contributed by atoms with Crippen LogP contribution in [-0.2, 0) is 7.05 Å². The van der Waals surface area contributed by atoms with Gasteiger partial charge < -0.3 is 19.5 Å². The number of aromatic nitrogens is 2. The van der Waals surface area contributed by atoms with Gasteiger partial charge in [0.1, 0.15) is 17.3 Å². The van der Waals surface area contributed by atoms with E-state index in [4.69, 9.17) is 4.74 Å². The molecule has 0 unspecified atom stereocenters. The van der Waals surface area contributed by atoms with Crippen LogP contribution in [0.3, 0.4) is 0 Å². The van der Waals surface area contributed by atoms with Gasteiger partial charge in [0.05, 0.1) is 23.0 Å². The molecule has 6 heteroatoms. The first kappa shape index (κ1) is 17.5. The second-order valence-electron chi connectivity index (χ2n) is 7.91. The van der Waals surface area contributed by atoms with Crippen molar-refractivity contribution in [3.63, 3.8) is 0 Å². The Morgan fingerprint density at radius 1 is 1.29 bits per heavy atom. The SMILES string of the molecule is Cc1c(F)[c]c(N2CCN[C@@H](C3CC3)C2)cc1Oc1ccc2c(c1)ncn2C. The van der Waals surface area contributed by atoms with Gasteiger partial charge >= 0.3 is 0 Å². The fourth-order valence-corrected chi connectivity index (χ4v) is 3.98. The zero-order valence-electron chi connectivity index (χ0n) is 16.2. The van der Waals surface area contributed by atoms with E-state index in [1.807, 2.05) is 35.9 Å². The first-order valence-electron chi connectivity index (χ1n) is 9.88. The van der Waals surface area contributed by atoms with Crippen molar-refractivity contribution >= 4 is 16.7 Å². The smallest absolute Gasteiger partial charge is 0.139 e. The number of benzene rings is 2. The summed E-state index contributed by atoms with van der Waals surface area (Å²) in [6, 6.07) is 11.1. The van der Waals surface area contributed by atoms with Crippen LogP contribution >= 0.6 is 0 Å². The maximum Gasteiger partial charge on any atom is 0.139 e. The number of hydrogen-bond donors (Lipinski definition) is 1. The van der Waals surface area contributed by atoms with Gasteiger partial charge in [-0.25, -0.2) is 9.37 Å². The van der Waals surface area contributed by atoms with Gasteiger partial charge in [-0.05, 0) is 37.8 Å². The van der Waals surface area contributed by atoms with Crippen LogP contribution in [0.4, 0.5) is 10.1 Å². The van der Waals surface area contributed by atoms with Crippen molar-refractivity contribution < 1.29 is 9.13 Å². The minimum Gasteiger partial charge on any atom is -0.457 e. The van der Waals surface area contributed by atoms with Gasteiger partial charge in [-0.1, -0.05) is 0 Å². The van der Waals surface area contributed by atoms with Gasteiger partial charge in [-0.15, -0.1) is 0 Å². The van der Waals surface area contributed by atoms with Crippen LogP contribution in [0.1, 0.15) is 18.4 Å². The van der Waals surface area contributed by atoms with Crippen LogP contribution in [0.2, 0.25) is 0 Å². The van der Waals surface area contributed by atoms with E-state index in [2.05, 4.69) is 21.3 Å². The van der Waals surface area contributed by atoms with Gasteiger partial charge in [0, 0.05) is 56.5 Å². The lowest BCUT2D eigenvalue weighted by molar-refractivity contribution is 0.417. The van der Waals surface area contributed by atoms with E-state index in [1.165, 1.54) is 12.8 Å². The largest absolute Gasteiger partial charge is 0.457 e. The first-order valence-corrected chi connectivity index (χ1v) is 9.88. The lowest BCUT2D eigenvalue weighted by Gasteiger charge is -2.35. The highest BCUT2D eigenvalue weighted by atomic mass is 19.1. The Balaban J connectivity index is 1.43. The molecule has 1 atom stereocenters. The number of nitrogens with zero attached hydrogens (tertiary/aromatic N) is 3. The highest BCUT2D eigenvalue weighted by Crippen LogP contribution is 2.36. The van der Waals surface area contributed by atoms with E-state index in [0.717, 1.165) is 42.3 Å².